The van der Waals surface area contributed by atoms with Gasteiger partial charge in [-0.25, -0.2) is 4.79 Å². The lowest BCUT2D eigenvalue weighted by Crippen LogP contribution is -2.64. The Bertz CT molecular complexity index is 4570. The van der Waals surface area contributed by atoms with Gasteiger partial charge in [0.2, 0.25) is 118 Å². The molecule has 0 saturated carbocycles. The standard InChI is InChI=1S/C83H134N24O32S2/c1-12-35(6)61(78(134)95-45(82(138)139)19-16-26-90-83(88)89)104-76(132)59(33(2)3)102-67(123)44(22-25-55(115)116)94-79(135)62(38(9)109)105-68(124)43(21-24-53(85)113)93-70(126)46(27-41-17-14-13-15-18-41)99-80(136)64(40(11)111)107-77(133)60(34(4)5)103-74(130)51(32-141)101-81(137)63(39(10)110)106-72(128)49(30-57(119)120)97-66(122)42(20-23-52(84)112)92-71(127)47(28-54(86)114)96-65(121)36(7)91-69(125)48(29-56(117)118)98-73(129)50(31-140)100-75(131)58(87)37(8)108/h13-15,17-18,33-40,42-51,58-64,108-111,140-141H,12,16,19-32,87H2,1-11H3,(H2,84,112)(H2,85,113)(H2,86,114)(H,91,125)(H,92,127)(H,93,126)(H,94,135)(H,95,134)(H,96,121)(H,97,122)(H,98,129)(H,99,136)(H,100,131)(H,101,137)(H,102,123)(H,103,130)(H,104,132)(H,105,124)(H,106,128)(H,107,133)(H,115,116)(H,117,118)(H,119,120)(H,138,139)(H4,88,89,90)/t35-,36-,37+,38+,39+,40+,42-,43-,44-,45-,46-,47-,48-,49-,50-,51-,58-,59-,60-,61-,62-,63-,64-/m0/s1. The molecule has 20 amide bonds. The van der Waals surface area contributed by atoms with Gasteiger partial charge in [0.25, 0.3) is 0 Å². The van der Waals surface area contributed by atoms with E-state index in [0.29, 0.717) is 5.56 Å². The van der Waals surface area contributed by atoms with Gasteiger partial charge in [-0.05, 0) is 90.0 Å². The number of nitrogens with two attached hydrogens (primary N) is 5. The first-order valence-electron chi connectivity index (χ1n) is 44.3. The first kappa shape index (κ1) is 125. The normalized spacial score (nSPS) is 16.0. The molecule has 58 heteroatoms. The Hall–Kier alpha value is -13.7. The highest BCUT2D eigenvalue weighted by molar-refractivity contribution is 7.80. The van der Waals surface area contributed by atoms with Gasteiger partial charge in [-0.1, -0.05) is 78.3 Å². The zero-order chi connectivity index (χ0) is 108. The number of benzene rings is 1. The number of nitrogens with one attached hydrogen (secondary N) is 19. The number of primary amides is 3. The Morgan fingerprint density at radius 3 is 1.01 bits per heavy atom. The molecule has 0 fully saturated rings. The monoisotopic (exact) mass is 2040 g/mol. The number of thiol groups is 2. The summed E-state index contributed by atoms with van der Waals surface area (Å²) in [4.78, 5) is 323. The SMILES string of the molecule is CC[C@H](C)[C@H](NC(=O)[C@@H](NC(=O)[C@H](CCC(=O)O)NC(=O)[C@@H](NC(=O)[C@H](CCC(N)=O)NC(=O)[C@H](Cc1ccccc1)NC(=O)[C@@H](NC(=O)[C@@H](NC(=O)[C@H](CS)NC(=O)[C@@H](NC(=O)[C@H](CC(=O)O)NC(=O)[C@H](CCC(N)=O)NC(=O)[C@H](CC(N)=O)NC(=O)[C@H](C)NC(=O)[C@H](CC(=O)O)NC(=O)[C@H](CS)NC(=O)[C@@H](N)[C@@H](C)O)[C@@H](C)O)C(C)C)[C@@H](C)O)[C@@H](C)O)C(C)C)C(=O)N[C@@H](CCCNC(=N)N)C(=O)O. The smallest absolute Gasteiger partial charge is 0.326 e. The second-order valence-electron chi connectivity index (χ2n) is 33.8. The summed E-state index contributed by atoms with van der Waals surface area (Å²) in [5.41, 5.74) is 27.4. The molecule has 1 rings (SSSR count). The topological polar surface area (TPSA) is 942 Å². The molecule has 0 aliphatic carbocycles. The number of guanidine groups is 1. The van der Waals surface area contributed by atoms with Crippen molar-refractivity contribution >= 4 is 173 Å². The molecule has 0 spiro atoms. The Balaban J connectivity index is 3.66. The lowest BCUT2D eigenvalue weighted by Gasteiger charge is -2.30. The molecule has 1 aromatic carbocycles. The quantitative estimate of drug-likeness (QED) is 0.0125. The Kier molecular flexibility index (Phi) is 55.4. The summed E-state index contributed by atoms with van der Waals surface area (Å²) >= 11 is 8.12. The molecule has 0 unspecified atom stereocenters. The predicted molar refractivity (Wildman–Crippen MR) is 499 cm³/mol. The van der Waals surface area contributed by atoms with Crippen molar-refractivity contribution in [1.82, 2.24) is 95.7 Å². The summed E-state index contributed by atoms with van der Waals surface area (Å²) in [6, 6.07) is -25.8. The van der Waals surface area contributed by atoms with Gasteiger partial charge in [0.15, 0.2) is 5.96 Å². The molecule has 0 aliphatic rings. The number of aliphatic carboxylic acids is 4. The van der Waals surface area contributed by atoms with E-state index in [-0.39, 0.29) is 31.8 Å². The summed E-state index contributed by atoms with van der Waals surface area (Å²) in [6.07, 6.45) is -15.4. The molecule has 0 saturated heterocycles. The van der Waals surface area contributed by atoms with E-state index in [9.17, 15) is 156 Å². The fourth-order valence-corrected chi connectivity index (χ4v) is 13.4. The fraction of sp³-hybridized carbons (Fsp3) is 0.627. The van der Waals surface area contributed by atoms with Gasteiger partial charge in [0.1, 0.15) is 109 Å². The third-order valence-electron chi connectivity index (χ3n) is 21.2. The van der Waals surface area contributed by atoms with E-state index in [0.717, 1.165) is 34.6 Å². The predicted octanol–water partition coefficient (Wildman–Crippen LogP) is -12.9. The van der Waals surface area contributed by atoms with Crippen molar-refractivity contribution in [2.45, 2.75) is 293 Å². The van der Waals surface area contributed by atoms with Gasteiger partial charge in [-0.2, -0.15) is 25.3 Å². The van der Waals surface area contributed by atoms with Crippen LogP contribution < -0.4 is 124 Å². The highest BCUT2D eigenvalue weighted by Gasteiger charge is 2.43. The van der Waals surface area contributed by atoms with Crippen LogP contribution in [0.4, 0.5) is 0 Å². The van der Waals surface area contributed by atoms with Gasteiger partial charge < -0.3 is 165 Å². The number of carboxylic acids is 4. The molecule has 1 aromatic rings. The summed E-state index contributed by atoms with van der Waals surface area (Å²) in [5.74, 6) is -35.6. The van der Waals surface area contributed by atoms with Gasteiger partial charge in [0.05, 0.1) is 43.7 Å². The number of rotatable bonds is 66. The first-order chi connectivity index (χ1) is 65.6. The van der Waals surface area contributed by atoms with E-state index in [4.69, 9.17) is 34.1 Å². The van der Waals surface area contributed by atoms with Crippen LogP contribution in [0.2, 0.25) is 0 Å². The first-order valence-corrected chi connectivity index (χ1v) is 45.6. The van der Waals surface area contributed by atoms with Crippen LogP contribution in [0.1, 0.15) is 159 Å². The summed E-state index contributed by atoms with van der Waals surface area (Å²) in [7, 11) is 0. The molecule has 0 bridgehead atoms. The van der Waals surface area contributed by atoms with E-state index in [1.165, 1.54) is 52.0 Å². The lowest BCUT2D eigenvalue weighted by molar-refractivity contribution is -0.143. The third kappa shape index (κ3) is 45.8. The largest absolute Gasteiger partial charge is 0.481 e. The van der Waals surface area contributed by atoms with Crippen molar-refractivity contribution in [1.29, 1.82) is 5.41 Å². The molecule has 0 aliphatic heterocycles. The summed E-state index contributed by atoms with van der Waals surface area (Å²) in [5, 5.41) is 130. The minimum absolute atomic E-state index is 0.0848. The minimum atomic E-state index is -2.30. The van der Waals surface area contributed by atoms with E-state index in [1.807, 2.05) is 10.6 Å². The van der Waals surface area contributed by atoms with Crippen LogP contribution in [0.25, 0.3) is 0 Å². The average molecular weight is 2040 g/mol. The molecule has 23 atom stereocenters. The molecular weight excluding hydrogens is 1910 g/mol. The molecular formula is C83H134N24O32S2. The summed E-state index contributed by atoms with van der Waals surface area (Å²) in [6.45, 7) is 14.1. The Labute approximate surface area is 819 Å². The average Bonchev–Trinajstić information content (AvgIpc) is 0.842. The van der Waals surface area contributed by atoms with Crippen molar-refractivity contribution < 1.29 is 156 Å². The van der Waals surface area contributed by atoms with Crippen LogP contribution >= 0.6 is 25.3 Å². The maximum atomic E-state index is 14.7. The summed E-state index contributed by atoms with van der Waals surface area (Å²) < 4.78 is 0. The number of carbonyl (C=O) groups excluding carboxylic acids is 20. The van der Waals surface area contributed by atoms with E-state index >= 15 is 0 Å². The van der Waals surface area contributed by atoms with Gasteiger partial charge in [-0.3, -0.25) is 116 Å². The molecule has 790 valence electrons. The van der Waals surface area contributed by atoms with Crippen molar-refractivity contribution in [3.8, 4) is 0 Å². The van der Waals surface area contributed by atoms with E-state index in [2.05, 4.69) is 110 Å². The highest BCUT2D eigenvalue weighted by Crippen LogP contribution is 2.17. The Morgan fingerprint density at radius 1 is 0.326 bits per heavy atom. The third-order valence-corrected chi connectivity index (χ3v) is 21.9. The van der Waals surface area contributed by atoms with Crippen LogP contribution in [0, 0.1) is 23.2 Å². The van der Waals surface area contributed by atoms with Crippen LogP contribution in [0.5, 0.6) is 0 Å². The number of hydrogen-bond donors (Lipinski definition) is 34. The second kappa shape index (κ2) is 62.4. The molecule has 56 nitrogen and oxygen atoms in total. The molecule has 0 aromatic heterocycles. The van der Waals surface area contributed by atoms with Crippen LogP contribution in [-0.2, 0) is 121 Å². The number of aliphatic hydroxyl groups excluding tert-OH is 4. The van der Waals surface area contributed by atoms with Crippen molar-refractivity contribution in [3.05, 3.63) is 35.9 Å². The molecule has 0 heterocycles. The Morgan fingerprint density at radius 2 is 0.631 bits per heavy atom. The number of carbonyl (C=O) groups is 24. The number of hydrogen-bond acceptors (Lipinski definition) is 32. The molecule has 0 radical (unpaired) electrons. The van der Waals surface area contributed by atoms with Crippen molar-refractivity contribution in [3.63, 3.8) is 0 Å². The molecule has 141 heavy (non-hydrogen) atoms. The fourth-order valence-electron chi connectivity index (χ4n) is 12.8. The number of amides is 20. The van der Waals surface area contributed by atoms with Crippen LogP contribution in [0.15, 0.2) is 30.3 Å². The number of aliphatic hydroxyl groups is 4. The number of carboxylic acid groups (broad SMARTS) is 4. The second-order valence-corrected chi connectivity index (χ2v) is 34.5. The zero-order valence-electron chi connectivity index (χ0n) is 79.3. The highest BCUT2D eigenvalue weighted by atomic mass is 32.1. The minimum Gasteiger partial charge on any atom is -0.481 e. The van der Waals surface area contributed by atoms with E-state index < -0.39 is 369 Å². The lowest BCUT2D eigenvalue weighted by atomic mass is 9.95. The van der Waals surface area contributed by atoms with Crippen LogP contribution in [-0.4, -0.2) is 340 Å². The van der Waals surface area contributed by atoms with Crippen LogP contribution in [0.3, 0.4) is 0 Å². The maximum absolute atomic E-state index is 14.7. The molecule has 37 N–H and O–H groups in total. The maximum Gasteiger partial charge on any atom is 0.326 e. The van der Waals surface area contributed by atoms with Crippen molar-refractivity contribution in [2.75, 3.05) is 18.1 Å². The van der Waals surface area contributed by atoms with E-state index in [1.54, 1.807) is 19.9 Å². The van der Waals surface area contributed by atoms with Gasteiger partial charge in [0, 0.05) is 43.7 Å². The van der Waals surface area contributed by atoms with Gasteiger partial charge >= 0.3 is 23.9 Å². The zero-order valence-corrected chi connectivity index (χ0v) is 81.1. The van der Waals surface area contributed by atoms with Gasteiger partial charge in [-0.15, -0.1) is 0 Å². The van der Waals surface area contributed by atoms with Crippen molar-refractivity contribution in [2.24, 2.45) is 46.4 Å².